The first-order chi connectivity index (χ1) is 7.82. The molecule has 0 heterocycles. The first kappa shape index (κ1) is 14.4. The number of alkyl halides is 2. The van der Waals surface area contributed by atoms with Crippen molar-refractivity contribution in [2.24, 2.45) is 17.6 Å². The van der Waals surface area contributed by atoms with Gasteiger partial charge in [-0.15, -0.1) is 0 Å². The molecule has 0 radical (unpaired) electrons. The lowest BCUT2D eigenvalue weighted by atomic mass is 9.86. The van der Waals surface area contributed by atoms with E-state index < -0.39 is 5.92 Å². The minimum Gasteiger partial charge on any atom is -0.354 e. The van der Waals surface area contributed by atoms with Gasteiger partial charge in [-0.2, -0.15) is 0 Å². The van der Waals surface area contributed by atoms with Gasteiger partial charge in [0.2, 0.25) is 11.8 Å². The molecule has 1 atom stereocenters. The Morgan fingerprint density at radius 2 is 1.94 bits per heavy atom. The second-order valence-corrected chi connectivity index (χ2v) is 5.28. The van der Waals surface area contributed by atoms with Crippen molar-refractivity contribution in [3.05, 3.63) is 0 Å². The fourth-order valence-corrected chi connectivity index (χ4v) is 1.90. The van der Waals surface area contributed by atoms with Gasteiger partial charge in [0.25, 0.3) is 0 Å². The van der Waals surface area contributed by atoms with Crippen LogP contribution in [0, 0.1) is 11.8 Å². The summed E-state index contributed by atoms with van der Waals surface area (Å²) in [4.78, 5) is 11.7. The first-order valence-electron chi connectivity index (χ1n) is 6.23. The topological polar surface area (TPSA) is 55.1 Å². The molecule has 3 nitrogen and oxygen atoms in total. The highest BCUT2D eigenvalue weighted by atomic mass is 19.3. The van der Waals surface area contributed by atoms with Crippen LogP contribution in [-0.2, 0) is 4.79 Å². The lowest BCUT2D eigenvalue weighted by Gasteiger charge is -2.28. The molecular weight excluding hydrogens is 226 g/mol. The monoisotopic (exact) mass is 248 g/mol. The number of nitrogens with two attached hydrogens (primary N) is 1. The molecule has 1 aliphatic rings. The molecule has 1 amide bonds. The van der Waals surface area contributed by atoms with Crippen molar-refractivity contribution in [3.63, 3.8) is 0 Å². The maximum Gasteiger partial charge on any atom is 0.248 e. The lowest BCUT2D eigenvalue weighted by Crippen LogP contribution is -2.43. The number of carbonyl (C=O) groups is 1. The highest BCUT2D eigenvalue weighted by Gasteiger charge is 2.37. The van der Waals surface area contributed by atoms with E-state index in [9.17, 15) is 13.6 Å². The van der Waals surface area contributed by atoms with Crippen LogP contribution in [-0.4, -0.2) is 24.4 Å². The quantitative estimate of drug-likeness (QED) is 0.798. The van der Waals surface area contributed by atoms with Crippen LogP contribution in [0.25, 0.3) is 0 Å². The first-order valence-corrected chi connectivity index (χ1v) is 6.23. The molecule has 17 heavy (non-hydrogen) atoms. The van der Waals surface area contributed by atoms with E-state index in [4.69, 9.17) is 5.73 Å². The average Bonchev–Trinajstić information content (AvgIpc) is 2.25. The Morgan fingerprint density at radius 1 is 1.41 bits per heavy atom. The standard InChI is InChI=1S/C12H22F2N2O/c1-8(2)10(15)7-16-11(17)9-3-5-12(13,14)6-4-9/h8-10H,3-7,15H2,1-2H3,(H,16,17). The van der Waals surface area contributed by atoms with Crippen molar-refractivity contribution in [2.75, 3.05) is 6.54 Å². The van der Waals surface area contributed by atoms with Gasteiger partial charge in [-0.25, -0.2) is 8.78 Å². The predicted octanol–water partition coefficient (Wildman–Crippen LogP) is 1.91. The van der Waals surface area contributed by atoms with Crippen molar-refractivity contribution >= 4 is 5.91 Å². The van der Waals surface area contributed by atoms with Crippen LogP contribution in [0.1, 0.15) is 39.5 Å². The van der Waals surface area contributed by atoms with Crippen molar-refractivity contribution in [3.8, 4) is 0 Å². The van der Waals surface area contributed by atoms with Crippen molar-refractivity contribution in [1.29, 1.82) is 0 Å². The average molecular weight is 248 g/mol. The summed E-state index contributed by atoms with van der Waals surface area (Å²) in [6, 6.07) is -0.0796. The Labute approximate surface area is 101 Å². The van der Waals surface area contributed by atoms with Gasteiger partial charge in [-0.1, -0.05) is 13.8 Å². The summed E-state index contributed by atoms with van der Waals surface area (Å²) in [6.07, 6.45) is 0.189. The highest BCUT2D eigenvalue weighted by molar-refractivity contribution is 5.78. The van der Waals surface area contributed by atoms with Gasteiger partial charge in [0.15, 0.2) is 0 Å². The fraction of sp³-hybridized carbons (Fsp3) is 0.917. The maximum absolute atomic E-state index is 12.9. The summed E-state index contributed by atoms with van der Waals surface area (Å²) in [5, 5.41) is 2.75. The number of carbonyl (C=O) groups excluding carboxylic acids is 1. The molecule has 0 spiro atoms. The van der Waals surface area contributed by atoms with E-state index in [2.05, 4.69) is 5.32 Å². The molecule has 1 fully saturated rings. The molecule has 1 rings (SSSR count). The molecule has 0 aromatic heterocycles. The van der Waals surface area contributed by atoms with Gasteiger partial charge in [0, 0.05) is 31.3 Å². The molecule has 1 aliphatic carbocycles. The normalized spacial score (nSPS) is 22.5. The third kappa shape index (κ3) is 4.58. The number of halogens is 2. The Balaban J connectivity index is 2.30. The molecule has 0 aromatic carbocycles. The second-order valence-electron chi connectivity index (χ2n) is 5.28. The molecule has 0 aromatic rings. The van der Waals surface area contributed by atoms with Crippen LogP contribution in [0.15, 0.2) is 0 Å². The number of amides is 1. The van der Waals surface area contributed by atoms with Crippen LogP contribution >= 0.6 is 0 Å². The number of nitrogens with one attached hydrogen (secondary N) is 1. The van der Waals surface area contributed by atoms with Crippen molar-refractivity contribution in [2.45, 2.75) is 51.5 Å². The van der Waals surface area contributed by atoms with Gasteiger partial charge in [0.1, 0.15) is 0 Å². The zero-order chi connectivity index (χ0) is 13.1. The van der Waals surface area contributed by atoms with E-state index in [1.54, 1.807) is 0 Å². The zero-order valence-electron chi connectivity index (χ0n) is 10.5. The Bertz CT molecular complexity index is 259. The summed E-state index contributed by atoms with van der Waals surface area (Å²) in [5.41, 5.74) is 5.80. The van der Waals surface area contributed by atoms with Crippen molar-refractivity contribution < 1.29 is 13.6 Å². The fourth-order valence-electron chi connectivity index (χ4n) is 1.90. The third-order valence-corrected chi connectivity index (χ3v) is 3.46. The van der Waals surface area contributed by atoms with Crippen LogP contribution in [0.4, 0.5) is 8.78 Å². The summed E-state index contributed by atoms with van der Waals surface area (Å²) in [7, 11) is 0. The smallest absolute Gasteiger partial charge is 0.248 e. The minimum absolute atomic E-state index is 0.0796. The molecule has 100 valence electrons. The molecule has 0 saturated heterocycles. The van der Waals surface area contributed by atoms with Crippen molar-refractivity contribution in [1.82, 2.24) is 5.32 Å². The molecular formula is C12H22F2N2O. The number of hydrogen-bond acceptors (Lipinski definition) is 2. The summed E-state index contributed by atoms with van der Waals surface area (Å²) < 4.78 is 25.8. The number of rotatable bonds is 4. The lowest BCUT2D eigenvalue weighted by molar-refractivity contribution is -0.129. The molecule has 3 N–H and O–H groups in total. The van der Waals surface area contributed by atoms with Gasteiger partial charge in [-0.05, 0) is 18.8 Å². The highest BCUT2D eigenvalue weighted by Crippen LogP contribution is 2.36. The summed E-state index contributed by atoms with van der Waals surface area (Å²) in [6.45, 7) is 4.39. The van der Waals surface area contributed by atoms with Crippen LogP contribution in [0.3, 0.4) is 0 Å². The molecule has 0 bridgehead atoms. The summed E-state index contributed by atoms with van der Waals surface area (Å²) >= 11 is 0. The molecule has 1 saturated carbocycles. The zero-order valence-corrected chi connectivity index (χ0v) is 10.5. The van der Waals surface area contributed by atoms with E-state index in [1.807, 2.05) is 13.8 Å². The van der Waals surface area contributed by atoms with E-state index in [0.29, 0.717) is 12.5 Å². The van der Waals surface area contributed by atoms with Crippen LogP contribution < -0.4 is 11.1 Å². The van der Waals surface area contributed by atoms with E-state index in [1.165, 1.54) is 0 Å². The van der Waals surface area contributed by atoms with E-state index in [0.717, 1.165) is 0 Å². The second kappa shape index (κ2) is 5.76. The molecule has 0 aliphatic heterocycles. The Kier molecular flexibility index (Phi) is 4.86. The molecule has 5 heteroatoms. The summed E-state index contributed by atoms with van der Waals surface area (Å²) in [5.74, 6) is -2.68. The minimum atomic E-state index is -2.58. The Morgan fingerprint density at radius 3 is 2.41 bits per heavy atom. The Hall–Kier alpha value is -0.710. The van der Waals surface area contributed by atoms with Gasteiger partial charge >= 0.3 is 0 Å². The third-order valence-electron chi connectivity index (χ3n) is 3.46. The van der Waals surface area contributed by atoms with Crippen LogP contribution in [0.2, 0.25) is 0 Å². The predicted molar refractivity (Wildman–Crippen MR) is 62.7 cm³/mol. The van der Waals surface area contributed by atoms with E-state index in [-0.39, 0.29) is 43.6 Å². The van der Waals surface area contributed by atoms with Gasteiger partial charge in [-0.3, -0.25) is 4.79 Å². The maximum atomic E-state index is 12.9. The molecule has 1 unspecified atom stereocenters. The number of hydrogen-bond donors (Lipinski definition) is 2. The van der Waals surface area contributed by atoms with Crippen LogP contribution in [0.5, 0.6) is 0 Å². The van der Waals surface area contributed by atoms with Gasteiger partial charge < -0.3 is 11.1 Å². The van der Waals surface area contributed by atoms with E-state index >= 15 is 0 Å². The SMILES string of the molecule is CC(C)C(N)CNC(=O)C1CCC(F)(F)CC1. The largest absolute Gasteiger partial charge is 0.354 e. The van der Waals surface area contributed by atoms with Gasteiger partial charge in [0.05, 0.1) is 0 Å².